The first-order valence-corrected chi connectivity index (χ1v) is 7.52. The smallest absolute Gasteiger partial charge is 0.246 e. The van der Waals surface area contributed by atoms with E-state index in [1.165, 1.54) is 0 Å². The maximum absolute atomic E-state index is 12.1. The van der Waals surface area contributed by atoms with E-state index in [0.717, 1.165) is 20.5 Å². The Morgan fingerprint density at radius 1 is 1.10 bits per heavy atom. The molecule has 0 bridgehead atoms. The third-order valence-electron chi connectivity index (χ3n) is 2.89. The molecule has 0 saturated carbocycles. The Balaban J connectivity index is 1.98. The predicted octanol–water partition coefficient (Wildman–Crippen LogP) is 4.04. The highest BCUT2D eigenvalue weighted by Gasteiger charge is 2.12. The Hall–Kier alpha value is -1.56. The third kappa shape index (κ3) is 4.23. The predicted molar refractivity (Wildman–Crippen MR) is 92.1 cm³/mol. The lowest BCUT2D eigenvalue weighted by atomic mass is 10.2. The molecule has 2 N–H and O–H groups in total. The van der Waals surface area contributed by atoms with Gasteiger partial charge in [-0.1, -0.05) is 18.2 Å². The first-order valence-electron chi connectivity index (χ1n) is 6.44. The van der Waals surface area contributed by atoms with E-state index in [1.54, 1.807) is 0 Å². The summed E-state index contributed by atoms with van der Waals surface area (Å²) in [7, 11) is 0. The Kier molecular flexibility index (Phi) is 5.00. The van der Waals surface area contributed by atoms with Crippen LogP contribution in [0, 0.1) is 10.5 Å². The van der Waals surface area contributed by atoms with Crippen LogP contribution in [0.2, 0.25) is 0 Å². The van der Waals surface area contributed by atoms with E-state index in [9.17, 15) is 4.79 Å². The van der Waals surface area contributed by atoms with Gasteiger partial charge in [-0.15, -0.1) is 0 Å². The molecule has 104 valence electrons. The van der Waals surface area contributed by atoms with E-state index in [-0.39, 0.29) is 11.9 Å². The fourth-order valence-electron chi connectivity index (χ4n) is 1.87. The molecule has 4 heteroatoms. The summed E-state index contributed by atoms with van der Waals surface area (Å²) in [6.07, 6.45) is 0. The van der Waals surface area contributed by atoms with Crippen molar-refractivity contribution in [1.82, 2.24) is 0 Å². The van der Waals surface area contributed by atoms with Crippen LogP contribution in [0.3, 0.4) is 0 Å². The van der Waals surface area contributed by atoms with E-state index in [2.05, 4.69) is 33.2 Å². The maximum atomic E-state index is 12.1. The number of rotatable bonds is 4. The van der Waals surface area contributed by atoms with Crippen molar-refractivity contribution < 1.29 is 4.79 Å². The van der Waals surface area contributed by atoms with E-state index in [0.29, 0.717) is 0 Å². The molecule has 3 nitrogen and oxygen atoms in total. The molecule has 0 saturated heterocycles. The van der Waals surface area contributed by atoms with Crippen LogP contribution in [-0.4, -0.2) is 11.9 Å². The maximum Gasteiger partial charge on any atom is 0.246 e. The number of aryl methyl sites for hydroxylation is 1. The zero-order valence-corrected chi connectivity index (χ0v) is 13.6. The van der Waals surface area contributed by atoms with Gasteiger partial charge in [-0.25, -0.2) is 0 Å². The Morgan fingerprint density at radius 2 is 1.80 bits per heavy atom. The van der Waals surface area contributed by atoms with Gasteiger partial charge in [0.2, 0.25) is 5.91 Å². The van der Waals surface area contributed by atoms with Crippen molar-refractivity contribution >= 4 is 39.9 Å². The summed E-state index contributed by atoms with van der Waals surface area (Å²) in [6.45, 7) is 3.86. The monoisotopic (exact) mass is 380 g/mol. The number of hydrogen-bond donors (Lipinski definition) is 2. The highest BCUT2D eigenvalue weighted by Crippen LogP contribution is 2.14. The molecule has 0 aliphatic heterocycles. The van der Waals surface area contributed by atoms with Crippen molar-refractivity contribution in [1.29, 1.82) is 0 Å². The molecule has 2 rings (SSSR count). The molecule has 1 atom stereocenters. The lowest BCUT2D eigenvalue weighted by Crippen LogP contribution is -2.31. The number of carbonyl (C=O) groups excluding carboxylic acids is 1. The molecule has 1 unspecified atom stereocenters. The molecule has 2 aromatic carbocycles. The lowest BCUT2D eigenvalue weighted by molar-refractivity contribution is -0.116. The molecule has 20 heavy (non-hydrogen) atoms. The van der Waals surface area contributed by atoms with Crippen LogP contribution in [-0.2, 0) is 4.79 Å². The average Bonchev–Trinajstić information content (AvgIpc) is 2.38. The lowest BCUT2D eigenvalue weighted by Gasteiger charge is -2.15. The van der Waals surface area contributed by atoms with Crippen LogP contribution in [0.15, 0.2) is 48.5 Å². The third-order valence-corrected chi connectivity index (χ3v) is 3.56. The molecule has 0 aromatic heterocycles. The number of benzene rings is 2. The normalized spacial score (nSPS) is 11.8. The van der Waals surface area contributed by atoms with Crippen LogP contribution >= 0.6 is 22.6 Å². The molecule has 0 heterocycles. The van der Waals surface area contributed by atoms with Gasteiger partial charge in [0.1, 0.15) is 6.04 Å². The van der Waals surface area contributed by atoms with Crippen LogP contribution in [0.1, 0.15) is 12.5 Å². The fourth-order valence-corrected chi connectivity index (χ4v) is 2.41. The second kappa shape index (κ2) is 6.74. The van der Waals surface area contributed by atoms with E-state index >= 15 is 0 Å². The van der Waals surface area contributed by atoms with Crippen molar-refractivity contribution in [2.75, 3.05) is 10.6 Å². The van der Waals surface area contributed by atoms with Gasteiger partial charge in [-0.3, -0.25) is 4.79 Å². The summed E-state index contributed by atoms with van der Waals surface area (Å²) >= 11 is 2.25. The molecule has 0 aliphatic rings. The van der Waals surface area contributed by atoms with Gasteiger partial charge in [-0.2, -0.15) is 0 Å². The number of amides is 1. The van der Waals surface area contributed by atoms with Crippen LogP contribution in [0.5, 0.6) is 0 Å². The van der Waals surface area contributed by atoms with E-state index < -0.39 is 0 Å². The van der Waals surface area contributed by atoms with Crippen molar-refractivity contribution in [2.45, 2.75) is 19.9 Å². The van der Waals surface area contributed by atoms with Gasteiger partial charge in [0, 0.05) is 14.9 Å². The van der Waals surface area contributed by atoms with Gasteiger partial charge in [0.05, 0.1) is 0 Å². The molecule has 0 fully saturated rings. The quantitative estimate of drug-likeness (QED) is 0.787. The summed E-state index contributed by atoms with van der Waals surface area (Å²) in [5.74, 6) is -0.0468. The van der Waals surface area contributed by atoms with E-state index in [4.69, 9.17) is 0 Å². The Morgan fingerprint density at radius 3 is 2.50 bits per heavy atom. The number of anilines is 2. The summed E-state index contributed by atoms with van der Waals surface area (Å²) in [5.41, 5.74) is 2.90. The highest BCUT2D eigenvalue weighted by atomic mass is 127. The standard InChI is InChI=1S/C16H17IN2O/c1-11-5-3-7-14(9-11)19-16(20)12(2)18-15-8-4-6-13(17)10-15/h3-10,12,18H,1-2H3,(H,19,20). The van der Waals surface area contributed by atoms with Crippen molar-refractivity contribution in [3.63, 3.8) is 0 Å². The van der Waals surface area contributed by atoms with Gasteiger partial charge in [-0.05, 0) is 72.3 Å². The van der Waals surface area contributed by atoms with Crippen LogP contribution in [0.4, 0.5) is 11.4 Å². The summed E-state index contributed by atoms with van der Waals surface area (Å²) in [5, 5.41) is 6.11. The molecule has 1 amide bonds. The van der Waals surface area contributed by atoms with Gasteiger partial charge in [0.25, 0.3) is 0 Å². The molecule has 0 radical (unpaired) electrons. The largest absolute Gasteiger partial charge is 0.374 e. The molecular formula is C16H17IN2O. The zero-order valence-electron chi connectivity index (χ0n) is 11.5. The second-order valence-electron chi connectivity index (χ2n) is 4.74. The van der Waals surface area contributed by atoms with Crippen LogP contribution < -0.4 is 10.6 Å². The number of nitrogens with one attached hydrogen (secondary N) is 2. The Bertz CT molecular complexity index is 613. The van der Waals surface area contributed by atoms with Crippen molar-refractivity contribution in [3.8, 4) is 0 Å². The van der Waals surface area contributed by atoms with E-state index in [1.807, 2.05) is 62.4 Å². The Labute approximate surface area is 132 Å². The summed E-state index contributed by atoms with van der Waals surface area (Å²) in [6, 6.07) is 15.4. The minimum absolute atomic E-state index is 0.0468. The summed E-state index contributed by atoms with van der Waals surface area (Å²) in [4.78, 5) is 12.1. The first kappa shape index (κ1) is 14.8. The van der Waals surface area contributed by atoms with Gasteiger partial charge < -0.3 is 10.6 Å². The summed E-state index contributed by atoms with van der Waals surface area (Å²) < 4.78 is 1.14. The van der Waals surface area contributed by atoms with Crippen LogP contribution in [0.25, 0.3) is 0 Å². The highest BCUT2D eigenvalue weighted by molar-refractivity contribution is 14.1. The molecule has 0 aliphatic carbocycles. The zero-order chi connectivity index (χ0) is 14.5. The number of hydrogen-bond acceptors (Lipinski definition) is 2. The number of halogens is 1. The molecular weight excluding hydrogens is 363 g/mol. The topological polar surface area (TPSA) is 41.1 Å². The molecule has 2 aromatic rings. The fraction of sp³-hybridized carbons (Fsp3) is 0.188. The van der Waals surface area contributed by atoms with Gasteiger partial charge in [0.15, 0.2) is 0 Å². The average molecular weight is 380 g/mol. The van der Waals surface area contributed by atoms with Crippen molar-refractivity contribution in [3.05, 3.63) is 57.7 Å². The number of carbonyl (C=O) groups is 1. The van der Waals surface area contributed by atoms with Crippen molar-refractivity contribution in [2.24, 2.45) is 0 Å². The first-order chi connectivity index (χ1) is 9.54. The minimum atomic E-state index is -0.297. The van der Waals surface area contributed by atoms with Gasteiger partial charge >= 0.3 is 0 Å². The minimum Gasteiger partial charge on any atom is -0.374 e. The second-order valence-corrected chi connectivity index (χ2v) is 5.98. The molecule has 0 spiro atoms. The SMILES string of the molecule is Cc1cccc(NC(=O)C(C)Nc2cccc(I)c2)c1.